The lowest BCUT2D eigenvalue weighted by Crippen LogP contribution is -2.42. The Labute approximate surface area is 206 Å². The Kier molecular flexibility index (Phi) is 8.96. The SMILES string of the molecule is CCC(CNC(=O)CN(c1ccc(Cl)cc1)S(=O)(=O)c1ccc(OC)cc1)Cc1ccccc1. The van der Waals surface area contributed by atoms with Crippen LogP contribution in [0.4, 0.5) is 5.69 Å². The summed E-state index contributed by atoms with van der Waals surface area (Å²) in [5, 5.41) is 3.39. The van der Waals surface area contributed by atoms with E-state index in [1.165, 1.54) is 24.8 Å². The Hall–Kier alpha value is -3.03. The van der Waals surface area contributed by atoms with Gasteiger partial charge in [-0.2, -0.15) is 0 Å². The Morgan fingerprint density at radius 2 is 1.65 bits per heavy atom. The molecule has 3 aromatic rings. The molecule has 0 fully saturated rings. The lowest BCUT2D eigenvalue weighted by Gasteiger charge is -2.25. The molecule has 1 unspecified atom stereocenters. The van der Waals surface area contributed by atoms with Gasteiger partial charge in [0.2, 0.25) is 5.91 Å². The molecule has 0 radical (unpaired) electrons. The lowest BCUT2D eigenvalue weighted by atomic mass is 9.97. The summed E-state index contributed by atoms with van der Waals surface area (Å²) in [7, 11) is -2.50. The van der Waals surface area contributed by atoms with Gasteiger partial charge in [-0.25, -0.2) is 8.42 Å². The molecule has 180 valence electrons. The van der Waals surface area contributed by atoms with Crippen molar-refractivity contribution in [1.29, 1.82) is 0 Å². The third-order valence-electron chi connectivity index (χ3n) is 5.58. The number of nitrogens with zero attached hydrogens (tertiary/aromatic N) is 1. The number of amides is 1. The molecule has 1 N–H and O–H groups in total. The van der Waals surface area contributed by atoms with Crippen molar-refractivity contribution in [2.24, 2.45) is 5.92 Å². The topological polar surface area (TPSA) is 75.7 Å². The molecular formula is C26H29ClN2O4S. The van der Waals surface area contributed by atoms with Crippen molar-refractivity contribution in [2.75, 3.05) is 24.5 Å². The van der Waals surface area contributed by atoms with Gasteiger partial charge in [0.15, 0.2) is 0 Å². The summed E-state index contributed by atoms with van der Waals surface area (Å²) < 4.78 is 33.1. The number of anilines is 1. The minimum absolute atomic E-state index is 0.0616. The molecule has 0 saturated heterocycles. The normalized spacial score (nSPS) is 12.1. The molecule has 34 heavy (non-hydrogen) atoms. The first-order valence-electron chi connectivity index (χ1n) is 11.1. The van der Waals surface area contributed by atoms with Crippen LogP contribution in [0.5, 0.6) is 5.75 Å². The molecule has 1 atom stereocenters. The number of sulfonamides is 1. The quantitative estimate of drug-likeness (QED) is 0.405. The summed E-state index contributed by atoms with van der Waals surface area (Å²) in [4.78, 5) is 12.9. The predicted octanol–water partition coefficient (Wildman–Crippen LogP) is 4.93. The molecule has 0 spiro atoms. The van der Waals surface area contributed by atoms with Crippen LogP contribution in [0.3, 0.4) is 0 Å². The Balaban J connectivity index is 1.77. The first-order chi connectivity index (χ1) is 16.3. The molecule has 3 rings (SSSR count). The van der Waals surface area contributed by atoms with Crippen molar-refractivity contribution in [3.63, 3.8) is 0 Å². The summed E-state index contributed by atoms with van der Waals surface area (Å²) in [6.45, 7) is 2.19. The highest BCUT2D eigenvalue weighted by atomic mass is 35.5. The number of nitrogens with one attached hydrogen (secondary N) is 1. The van der Waals surface area contributed by atoms with Crippen LogP contribution < -0.4 is 14.4 Å². The van der Waals surface area contributed by atoms with E-state index in [-0.39, 0.29) is 23.3 Å². The average molecular weight is 501 g/mol. The van der Waals surface area contributed by atoms with E-state index >= 15 is 0 Å². The maximum atomic E-state index is 13.5. The van der Waals surface area contributed by atoms with Crippen molar-refractivity contribution < 1.29 is 17.9 Å². The molecule has 3 aromatic carbocycles. The molecule has 0 bridgehead atoms. The van der Waals surface area contributed by atoms with Crippen molar-refractivity contribution >= 4 is 33.2 Å². The van der Waals surface area contributed by atoms with Crippen molar-refractivity contribution in [3.05, 3.63) is 89.4 Å². The molecule has 8 heteroatoms. The number of hydrogen-bond acceptors (Lipinski definition) is 4. The summed E-state index contributed by atoms with van der Waals surface area (Å²) in [6.07, 6.45) is 1.73. The first kappa shape index (κ1) is 25.6. The van der Waals surface area contributed by atoms with Crippen molar-refractivity contribution in [1.82, 2.24) is 5.32 Å². The summed E-state index contributed by atoms with van der Waals surface area (Å²) in [6, 6.07) is 22.5. The monoisotopic (exact) mass is 500 g/mol. The molecule has 0 aliphatic rings. The van der Waals surface area contributed by atoms with E-state index in [4.69, 9.17) is 16.3 Å². The van der Waals surface area contributed by atoms with Crippen LogP contribution in [0.15, 0.2) is 83.8 Å². The number of rotatable bonds is 11. The number of halogens is 1. The van der Waals surface area contributed by atoms with Crippen LogP contribution in [0.25, 0.3) is 0 Å². The smallest absolute Gasteiger partial charge is 0.264 e. The molecule has 0 aliphatic heterocycles. The van der Waals surface area contributed by atoms with Gasteiger partial charge in [-0.3, -0.25) is 9.10 Å². The zero-order chi connectivity index (χ0) is 24.6. The maximum Gasteiger partial charge on any atom is 0.264 e. The number of hydrogen-bond donors (Lipinski definition) is 1. The van der Waals surface area contributed by atoms with Gasteiger partial charge >= 0.3 is 0 Å². The second-order valence-electron chi connectivity index (χ2n) is 7.93. The van der Waals surface area contributed by atoms with Gasteiger partial charge in [0.1, 0.15) is 12.3 Å². The Morgan fingerprint density at radius 1 is 1.00 bits per heavy atom. The number of carbonyl (C=O) groups excluding carboxylic acids is 1. The number of carbonyl (C=O) groups is 1. The zero-order valence-corrected chi connectivity index (χ0v) is 20.9. The van der Waals surface area contributed by atoms with E-state index in [0.717, 1.165) is 17.1 Å². The molecule has 0 heterocycles. The summed E-state index contributed by atoms with van der Waals surface area (Å²) in [5.74, 6) is 0.408. The van der Waals surface area contributed by atoms with Gasteiger partial charge in [-0.05, 0) is 66.4 Å². The molecule has 0 aliphatic carbocycles. The van der Waals surface area contributed by atoms with Gasteiger partial charge in [-0.15, -0.1) is 0 Å². The fourth-order valence-corrected chi connectivity index (χ4v) is 5.10. The first-order valence-corrected chi connectivity index (χ1v) is 12.9. The minimum atomic E-state index is -4.01. The summed E-state index contributed by atoms with van der Waals surface area (Å²) >= 11 is 5.99. The highest BCUT2D eigenvalue weighted by molar-refractivity contribution is 7.92. The minimum Gasteiger partial charge on any atom is -0.497 e. The third kappa shape index (κ3) is 6.74. The molecule has 6 nitrogen and oxygen atoms in total. The van der Waals surface area contributed by atoms with Crippen LogP contribution >= 0.6 is 11.6 Å². The van der Waals surface area contributed by atoms with Gasteiger partial charge in [0.25, 0.3) is 10.0 Å². The van der Waals surface area contributed by atoms with Crippen molar-refractivity contribution in [2.45, 2.75) is 24.7 Å². The van der Waals surface area contributed by atoms with Crippen LogP contribution in [0.1, 0.15) is 18.9 Å². The third-order valence-corrected chi connectivity index (χ3v) is 7.62. The molecule has 1 amide bonds. The predicted molar refractivity (Wildman–Crippen MR) is 136 cm³/mol. The second-order valence-corrected chi connectivity index (χ2v) is 10.2. The highest BCUT2D eigenvalue weighted by Gasteiger charge is 2.27. The van der Waals surface area contributed by atoms with E-state index in [1.807, 2.05) is 18.2 Å². The largest absolute Gasteiger partial charge is 0.497 e. The fraction of sp³-hybridized carbons (Fsp3) is 0.269. The van der Waals surface area contributed by atoms with Crippen LogP contribution in [-0.2, 0) is 21.2 Å². The van der Waals surface area contributed by atoms with Crippen LogP contribution in [0, 0.1) is 5.92 Å². The zero-order valence-electron chi connectivity index (χ0n) is 19.3. The van der Waals surface area contributed by atoms with Gasteiger partial charge in [0, 0.05) is 11.6 Å². The molecule has 0 saturated carbocycles. The Bertz CT molecular complexity index is 1170. The highest BCUT2D eigenvalue weighted by Crippen LogP contribution is 2.26. The summed E-state index contributed by atoms with van der Waals surface area (Å²) in [5.41, 5.74) is 1.56. The van der Waals surface area contributed by atoms with Gasteiger partial charge in [-0.1, -0.05) is 55.3 Å². The van der Waals surface area contributed by atoms with E-state index in [2.05, 4.69) is 24.4 Å². The van der Waals surface area contributed by atoms with Gasteiger partial charge in [0.05, 0.1) is 17.7 Å². The van der Waals surface area contributed by atoms with Crippen LogP contribution in [-0.4, -0.2) is 34.5 Å². The van der Waals surface area contributed by atoms with Gasteiger partial charge < -0.3 is 10.1 Å². The lowest BCUT2D eigenvalue weighted by molar-refractivity contribution is -0.119. The van der Waals surface area contributed by atoms with Crippen molar-refractivity contribution in [3.8, 4) is 5.75 Å². The fourth-order valence-electron chi connectivity index (χ4n) is 3.55. The van der Waals surface area contributed by atoms with E-state index in [1.54, 1.807) is 36.4 Å². The number of benzene rings is 3. The molecular weight excluding hydrogens is 472 g/mol. The van der Waals surface area contributed by atoms with Crippen LogP contribution in [0.2, 0.25) is 5.02 Å². The Morgan fingerprint density at radius 3 is 2.24 bits per heavy atom. The standard InChI is InChI=1S/C26H29ClN2O4S/c1-3-20(17-21-7-5-4-6-8-21)18-28-26(30)19-29(23-11-9-22(27)10-12-23)34(31,32)25-15-13-24(33-2)14-16-25/h4-16,20H,3,17-19H2,1-2H3,(H,28,30). The average Bonchev–Trinajstić information content (AvgIpc) is 2.86. The van der Waals surface area contributed by atoms with E-state index in [9.17, 15) is 13.2 Å². The number of ether oxygens (including phenoxy) is 1. The van der Waals surface area contributed by atoms with E-state index < -0.39 is 10.0 Å². The van der Waals surface area contributed by atoms with E-state index in [0.29, 0.717) is 23.0 Å². The second kappa shape index (κ2) is 11.9. The maximum absolute atomic E-state index is 13.5. The molecule has 0 aromatic heterocycles. The number of methoxy groups -OCH3 is 1.